The van der Waals surface area contributed by atoms with E-state index in [-0.39, 0.29) is 0 Å². The molecular weight excluding hydrogens is 613 g/mol. The lowest BCUT2D eigenvalue weighted by Crippen LogP contribution is -2.30. The maximum absolute atomic E-state index is 11.5. The number of aliphatic hydroxyl groups is 1. The van der Waals surface area contributed by atoms with Crippen LogP contribution in [-0.4, -0.2) is 11.2 Å². The second kappa shape index (κ2) is 15.5. The molecule has 0 amide bonds. The number of hydrogen-bond donors (Lipinski definition) is 1. The van der Waals surface area contributed by atoms with E-state index in [1.807, 2.05) is 152 Å². The van der Waals surface area contributed by atoms with Crippen molar-refractivity contribution in [2.24, 2.45) is 0 Å². The van der Waals surface area contributed by atoms with Crippen LogP contribution in [0, 0.1) is 0 Å². The SMILES string of the molecule is O[C@@H]1[13CH2]c2c(OCc3ccccc3)cc(OCc3ccccc3)cc2O[C@H]1c1ccc(OCc2ccccc2)c(OCc2ccccc2)c1. The van der Waals surface area contributed by atoms with Crippen molar-refractivity contribution in [1.82, 2.24) is 0 Å². The van der Waals surface area contributed by atoms with E-state index in [0.717, 1.165) is 33.4 Å². The predicted molar refractivity (Wildman–Crippen MR) is 189 cm³/mol. The van der Waals surface area contributed by atoms with Gasteiger partial charge in [-0.3, -0.25) is 0 Å². The van der Waals surface area contributed by atoms with E-state index in [1.54, 1.807) is 0 Å². The van der Waals surface area contributed by atoms with E-state index in [0.29, 0.717) is 61.6 Å². The molecule has 49 heavy (non-hydrogen) atoms. The largest absolute Gasteiger partial charge is 0.489 e. The second-order valence-electron chi connectivity index (χ2n) is 12.0. The summed E-state index contributed by atoms with van der Waals surface area (Å²) >= 11 is 0. The molecule has 1 N–H and O–H groups in total. The Balaban J connectivity index is 1.16. The minimum absolute atomic E-state index is 0.343. The monoisotopic (exact) mass is 651 g/mol. The molecule has 0 aromatic heterocycles. The second-order valence-corrected chi connectivity index (χ2v) is 12.0. The average molecular weight is 652 g/mol. The van der Waals surface area contributed by atoms with Crippen LogP contribution in [0.5, 0.6) is 28.7 Å². The number of ether oxygens (including phenoxy) is 5. The van der Waals surface area contributed by atoms with Crippen molar-refractivity contribution in [1.29, 1.82) is 0 Å². The van der Waals surface area contributed by atoms with Gasteiger partial charge in [-0.05, 0) is 39.9 Å². The quantitative estimate of drug-likeness (QED) is 0.126. The van der Waals surface area contributed by atoms with Crippen molar-refractivity contribution in [2.75, 3.05) is 0 Å². The molecule has 6 aromatic carbocycles. The van der Waals surface area contributed by atoms with E-state index < -0.39 is 12.2 Å². The van der Waals surface area contributed by atoms with Gasteiger partial charge in [0, 0.05) is 24.1 Å². The first-order valence-corrected chi connectivity index (χ1v) is 16.5. The van der Waals surface area contributed by atoms with Gasteiger partial charge in [-0.2, -0.15) is 0 Å². The minimum Gasteiger partial charge on any atom is -0.489 e. The molecule has 0 fully saturated rings. The van der Waals surface area contributed by atoms with Gasteiger partial charge in [0.1, 0.15) is 49.8 Å². The molecule has 0 saturated carbocycles. The summed E-state index contributed by atoms with van der Waals surface area (Å²) in [6.45, 7) is 1.54. The van der Waals surface area contributed by atoms with Crippen LogP contribution in [0.1, 0.15) is 39.5 Å². The van der Waals surface area contributed by atoms with Crippen LogP contribution in [-0.2, 0) is 32.8 Å². The highest BCUT2D eigenvalue weighted by Gasteiger charge is 2.33. The third-order valence-corrected chi connectivity index (χ3v) is 8.41. The Labute approximate surface area is 287 Å². The number of aliphatic hydroxyl groups excluding tert-OH is 1. The molecule has 1 aliphatic heterocycles. The first-order valence-electron chi connectivity index (χ1n) is 16.5. The summed E-state index contributed by atoms with van der Waals surface area (Å²) in [5, 5.41) is 11.5. The molecule has 0 radical (unpaired) electrons. The summed E-state index contributed by atoms with van der Waals surface area (Å²) in [5.41, 5.74) is 5.76. The minimum atomic E-state index is -0.833. The zero-order chi connectivity index (χ0) is 33.3. The Morgan fingerprint density at radius 1 is 0.490 bits per heavy atom. The molecule has 0 saturated heterocycles. The molecule has 1 heterocycles. The van der Waals surface area contributed by atoms with Gasteiger partial charge in [0.05, 0.1) is 6.10 Å². The fourth-order valence-corrected chi connectivity index (χ4v) is 5.82. The Hall–Kier alpha value is -5.72. The highest BCUT2D eigenvalue weighted by Crippen LogP contribution is 2.44. The molecule has 2 atom stereocenters. The third-order valence-electron chi connectivity index (χ3n) is 8.41. The summed E-state index contributed by atoms with van der Waals surface area (Å²) in [5.74, 6) is 3.05. The van der Waals surface area contributed by atoms with Crippen LogP contribution in [0.25, 0.3) is 0 Å². The van der Waals surface area contributed by atoms with E-state index in [4.69, 9.17) is 23.7 Å². The van der Waals surface area contributed by atoms with E-state index in [9.17, 15) is 5.11 Å². The molecule has 7 rings (SSSR count). The zero-order valence-electron chi connectivity index (χ0n) is 27.1. The Morgan fingerprint density at radius 2 is 0.959 bits per heavy atom. The molecule has 6 heteroatoms. The van der Waals surface area contributed by atoms with Crippen molar-refractivity contribution in [3.05, 3.63) is 185 Å². The van der Waals surface area contributed by atoms with Gasteiger partial charge in [0.25, 0.3) is 0 Å². The summed E-state index contributed by atoms with van der Waals surface area (Å²) < 4.78 is 31.7. The Kier molecular flexibility index (Phi) is 10.0. The Bertz CT molecular complexity index is 1930. The molecule has 0 spiro atoms. The molecule has 0 unspecified atom stereocenters. The first kappa shape index (κ1) is 31.9. The lowest BCUT2D eigenvalue weighted by Gasteiger charge is -2.32. The summed E-state index contributed by atoms with van der Waals surface area (Å²) in [6, 6.07) is 49.5. The molecule has 246 valence electrons. The van der Waals surface area contributed by atoms with Crippen LogP contribution in [0.3, 0.4) is 0 Å². The number of hydrogen-bond acceptors (Lipinski definition) is 6. The molecule has 0 aliphatic carbocycles. The molecule has 1 aliphatic rings. The normalized spacial score (nSPS) is 15.0. The van der Waals surface area contributed by atoms with Crippen molar-refractivity contribution in [3.8, 4) is 28.7 Å². The van der Waals surface area contributed by atoms with Crippen LogP contribution in [0.4, 0.5) is 0 Å². The van der Waals surface area contributed by atoms with Gasteiger partial charge < -0.3 is 28.8 Å². The summed E-state index contributed by atoms with van der Waals surface area (Å²) in [4.78, 5) is 0. The van der Waals surface area contributed by atoms with Crippen molar-refractivity contribution in [3.63, 3.8) is 0 Å². The molecule has 6 aromatic rings. The maximum Gasteiger partial charge on any atom is 0.162 e. The van der Waals surface area contributed by atoms with E-state index >= 15 is 0 Å². The average Bonchev–Trinajstić information content (AvgIpc) is 3.16. The smallest absolute Gasteiger partial charge is 0.162 e. The fourth-order valence-electron chi connectivity index (χ4n) is 5.82. The van der Waals surface area contributed by atoms with E-state index in [2.05, 4.69) is 0 Å². The molecule has 6 nitrogen and oxygen atoms in total. The van der Waals surface area contributed by atoms with Crippen LogP contribution < -0.4 is 23.7 Å². The fraction of sp³-hybridized carbons (Fsp3) is 0.163. The van der Waals surface area contributed by atoms with Crippen LogP contribution in [0.15, 0.2) is 152 Å². The van der Waals surface area contributed by atoms with Crippen molar-refractivity contribution in [2.45, 2.75) is 45.1 Å². The molecule has 0 bridgehead atoms. The summed E-state index contributed by atoms with van der Waals surface area (Å²) in [6.07, 6.45) is -1.14. The number of fused-ring (bicyclic) bond motifs is 1. The van der Waals surface area contributed by atoms with Gasteiger partial charge in [-0.1, -0.05) is 127 Å². The lowest BCUT2D eigenvalue weighted by molar-refractivity contribution is 0.0192. The zero-order valence-corrected chi connectivity index (χ0v) is 27.1. The number of rotatable bonds is 13. The van der Waals surface area contributed by atoms with Gasteiger partial charge >= 0.3 is 0 Å². The van der Waals surface area contributed by atoms with Gasteiger partial charge in [0.15, 0.2) is 11.5 Å². The molecular formula is C43H38O6. The topological polar surface area (TPSA) is 66.4 Å². The highest BCUT2D eigenvalue weighted by atomic mass is 16.5. The Morgan fingerprint density at radius 3 is 1.49 bits per heavy atom. The van der Waals surface area contributed by atoms with Gasteiger partial charge in [0.2, 0.25) is 0 Å². The third kappa shape index (κ3) is 8.23. The lowest BCUT2D eigenvalue weighted by atomic mass is 10.0. The maximum atomic E-state index is 11.5. The van der Waals surface area contributed by atoms with Gasteiger partial charge in [-0.25, -0.2) is 0 Å². The van der Waals surface area contributed by atoms with Crippen LogP contribution >= 0.6 is 0 Å². The van der Waals surface area contributed by atoms with Crippen molar-refractivity contribution < 1.29 is 28.8 Å². The highest BCUT2D eigenvalue weighted by molar-refractivity contribution is 5.53. The van der Waals surface area contributed by atoms with Crippen molar-refractivity contribution >= 4 is 0 Å². The first-order chi connectivity index (χ1) is 24.2. The standard InChI is InChI=1S/C43H38O6/c44-38-26-37-40(47-29-33-17-9-3-10-18-33)24-36(45-27-31-13-5-1-6-14-31)25-41(37)49-43(38)35-21-22-39(46-28-32-15-7-2-8-16-32)42(23-35)48-30-34-19-11-4-12-20-34/h1-25,38,43-44H,26-30H2/t38-,43+/m1/s1/i26+1. The van der Waals surface area contributed by atoms with Gasteiger partial charge in [-0.15, -0.1) is 0 Å². The van der Waals surface area contributed by atoms with E-state index in [1.165, 1.54) is 0 Å². The summed E-state index contributed by atoms with van der Waals surface area (Å²) in [7, 11) is 0. The predicted octanol–water partition coefficient (Wildman–Crippen LogP) is 9.04. The number of benzene rings is 6. The van der Waals surface area contributed by atoms with Crippen LogP contribution in [0.2, 0.25) is 0 Å².